The van der Waals surface area contributed by atoms with Crippen LogP contribution in [0.3, 0.4) is 0 Å². The van der Waals surface area contributed by atoms with Crippen molar-refractivity contribution < 1.29 is 58.5 Å². The Morgan fingerprint density at radius 2 is 1.49 bits per heavy atom. The maximum atomic E-state index is 13.1. The number of rotatable bonds is 12. The first-order valence-electron chi connectivity index (χ1n) is 11.1. The fraction of sp³-hybridized carbons (Fsp3) is 0.440. The number of aromatic hydroxyl groups is 1. The van der Waals surface area contributed by atoms with Crippen LogP contribution in [0.1, 0.15) is 38.2 Å². The van der Waals surface area contributed by atoms with E-state index < -0.39 is 42.3 Å². The molecule has 1 amide bonds. The third-order valence-electron chi connectivity index (χ3n) is 4.57. The number of methoxy groups -OCH3 is 1. The molecule has 2 heterocycles. The topological polar surface area (TPSA) is 155 Å². The van der Waals surface area contributed by atoms with Crippen molar-refractivity contribution in [1.29, 1.82) is 0 Å². The van der Waals surface area contributed by atoms with Crippen LogP contribution < -0.4 is 10.1 Å². The molecule has 208 valence electrons. The van der Waals surface area contributed by atoms with Gasteiger partial charge in [0.05, 0.1) is 7.11 Å². The van der Waals surface area contributed by atoms with Gasteiger partial charge in [-0.1, -0.05) is 23.7 Å². The summed E-state index contributed by atoms with van der Waals surface area (Å²) in [7, 11) is 1.32. The molecule has 14 nitrogen and oxygen atoms in total. The largest absolute Gasteiger partial charge is 0.503 e. The quantitative estimate of drug-likeness (QED) is 0.166. The molecule has 2 N–H and O–H groups in total. The summed E-state index contributed by atoms with van der Waals surface area (Å²) in [6, 6.07) is 1.37. The summed E-state index contributed by atoms with van der Waals surface area (Å²) in [4.78, 5) is 57.8. The average molecular weight is 546 g/mol. The zero-order valence-electron chi connectivity index (χ0n) is 21.6. The van der Waals surface area contributed by atoms with Gasteiger partial charge in [-0.05, 0) is 0 Å². The van der Waals surface area contributed by atoms with E-state index in [4.69, 9.17) is 48.6 Å². The normalized spacial score (nSPS) is 21.0. The lowest BCUT2D eigenvalue weighted by atomic mass is 9.98. The number of carbonyl (C=O) groups is 1. The van der Waals surface area contributed by atoms with Gasteiger partial charge in [0.2, 0.25) is 0 Å². The first-order chi connectivity index (χ1) is 19.0. The Balaban J connectivity index is 2.46. The summed E-state index contributed by atoms with van der Waals surface area (Å²) in [6.45, 7) is 5.74. The Labute approximate surface area is 224 Å². The number of nitrogens with one attached hydrogen (secondary N) is 1. The van der Waals surface area contributed by atoms with Gasteiger partial charge in [0.25, 0.3) is 5.91 Å². The maximum absolute atomic E-state index is 13.1. The SMILES string of the molecule is CC#COOC[C@H]1OC(NC(=O)c2nccc(OC)c2O)C(OOC#CC)C(OOC#CC)C1OOC#CC. The van der Waals surface area contributed by atoms with Crippen molar-refractivity contribution in [2.75, 3.05) is 13.7 Å². The lowest BCUT2D eigenvalue weighted by Gasteiger charge is -2.41. The molecule has 0 aliphatic carbocycles. The summed E-state index contributed by atoms with van der Waals surface area (Å²) >= 11 is 0. The molecule has 1 aromatic rings. The van der Waals surface area contributed by atoms with Gasteiger partial charge in [0.15, 0.2) is 66.2 Å². The van der Waals surface area contributed by atoms with E-state index in [1.165, 1.54) is 47.1 Å². The Hall–Kier alpha value is -4.54. The van der Waals surface area contributed by atoms with Crippen LogP contribution in [0.25, 0.3) is 0 Å². The maximum Gasteiger partial charge on any atom is 0.275 e. The van der Waals surface area contributed by atoms with Crippen LogP contribution >= 0.6 is 0 Å². The highest BCUT2D eigenvalue weighted by Gasteiger charge is 2.53. The van der Waals surface area contributed by atoms with Gasteiger partial charge in [-0.2, -0.15) is 19.6 Å². The number of aromatic nitrogens is 1. The fourth-order valence-electron chi connectivity index (χ4n) is 3.00. The molecule has 1 saturated heterocycles. The first-order valence-corrected chi connectivity index (χ1v) is 11.1. The summed E-state index contributed by atoms with van der Waals surface area (Å²) in [6.07, 6.45) is 3.99. The summed E-state index contributed by atoms with van der Waals surface area (Å²) < 4.78 is 11.0. The predicted molar refractivity (Wildman–Crippen MR) is 127 cm³/mol. The van der Waals surface area contributed by atoms with Gasteiger partial charge in [-0.3, -0.25) is 24.3 Å². The molecule has 0 saturated carbocycles. The summed E-state index contributed by atoms with van der Waals surface area (Å²) in [5.41, 5.74) is -0.370. The number of ether oxygens (including phenoxy) is 2. The van der Waals surface area contributed by atoms with Crippen molar-refractivity contribution >= 4 is 5.91 Å². The Morgan fingerprint density at radius 1 is 0.923 bits per heavy atom. The number of hydrogen-bond donors (Lipinski definition) is 2. The minimum atomic E-state index is -1.38. The van der Waals surface area contributed by atoms with Crippen molar-refractivity contribution in [2.24, 2.45) is 0 Å². The molecule has 14 heteroatoms. The van der Waals surface area contributed by atoms with Crippen molar-refractivity contribution in [3.8, 4) is 59.6 Å². The van der Waals surface area contributed by atoms with E-state index in [2.05, 4.69) is 58.4 Å². The van der Waals surface area contributed by atoms with Gasteiger partial charge in [-0.15, -0.1) is 0 Å². The van der Waals surface area contributed by atoms with Crippen LogP contribution in [-0.2, 0) is 43.8 Å². The molecule has 2 rings (SSSR count). The standard InChI is InChI=1S/C25H26N2O12/c1-6-12-31-35-16-18-21(37-32-13-7-2)22(38-33-14-8-3)23(39-34-15-9-4)25(36-18)27-24(29)19-20(28)17(30-5)10-11-26-19/h10-11,18,21-23,25,28H,16H2,1-5H3,(H,27,29)/t18-,21?,22?,23?,25?/m1/s1. The highest BCUT2D eigenvalue weighted by molar-refractivity contribution is 5.95. The fourth-order valence-corrected chi connectivity index (χ4v) is 3.00. The molecule has 4 unspecified atom stereocenters. The van der Waals surface area contributed by atoms with Crippen LogP contribution in [0.4, 0.5) is 0 Å². The van der Waals surface area contributed by atoms with Crippen LogP contribution in [0.15, 0.2) is 12.3 Å². The molecule has 1 aliphatic heterocycles. The van der Waals surface area contributed by atoms with Crippen LogP contribution in [0.2, 0.25) is 0 Å². The second-order valence-corrected chi connectivity index (χ2v) is 6.99. The number of amides is 1. The minimum Gasteiger partial charge on any atom is -0.503 e. The number of pyridine rings is 1. The third-order valence-corrected chi connectivity index (χ3v) is 4.57. The van der Waals surface area contributed by atoms with Crippen LogP contribution in [0.5, 0.6) is 11.5 Å². The van der Waals surface area contributed by atoms with Gasteiger partial charge in [0, 0.05) is 40.0 Å². The Morgan fingerprint density at radius 3 is 2.08 bits per heavy atom. The Kier molecular flexibility index (Phi) is 13.4. The van der Waals surface area contributed by atoms with E-state index in [1.54, 1.807) is 0 Å². The molecule has 1 fully saturated rings. The lowest BCUT2D eigenvalue weighted by Crippen LogP contribution is -2.65. The number of hydrogen-bond acceptors (Lipinski definition) is 13. The van der Waals surface area contributed by atoms with Crippen molar-refractivity contribution in [3.63, 3.8) is 0 Å². The zero-order chi connectivity index (χ0) is 28.5. The van der Waals surface area contributed by atoms with Gasteiger partial charge >= 0.3 is 0 Å². The molecule has 39 heavy (non-hydrogen) atoms. The predicted octanol–water partition coefficient (Wildman–Crippen LogP) is 1.07. The molecule has 1 aliphatic rings. The monoisotopic (exact) mass is 546 g/mol. The summed E-state index contributed by atoms with van der Waals surface area (Å²) in [5, 5.41) is 12.9. The second-order valence-electron chi connectivity index (χ2n) is 6.99. The highest BCUT2D eigenvalue weighted by atomic mass is 17.2. The second kappa shape index (κ2) is 17.1. The van der Waals surface area contributed by atoms with Gasteiger partial charge in [0.1, 0.15) is 12.7 Å². The van der Waals surface area contributed by atoms with E-state index in [0.29, 0.717) is 0 Å². The van der Waals surface area contributed by atoms with Crippen molar-refractivity contribution in [1.82, 2.24) is 10.3 Å². The molecule has 0 spiro atoms. The number of nitrogens with zero attached hydrogens (tertiary/aromatic N) is 1. The molecule has 0 aromatic carbocycles. The molecule has 0 radical (unpaired) electrons. The minimum absolute atomic E-state index is 0.0184. The van der Waals surface area contributed by atoms with Gasteiger partial charge in [-0.25, -0.2) is 4.98 Å². The summed E-state index contributed by atoms with van der Waals surface area (Å²) in [5.74, 6) is 8.58. The van der Waals surface area contributed by atoms with Crippen molar-refractivity contribution in [3.05, 3.63) is 18.0 Å². The van der Waals surface area contributed by atoms with Crippen LogP contribution in [0, 0.1) is 48.1 Å². The lowest BCUT2D eigenvalue weighted by molar-refractivity contribution is -0.436. The Bertz CT molecular complexity index is 1190. The van der Waals surface area contributed by atoms with Gasteiger partial charge < -0.3 is 19.9 Å². The van der Waals surface area contributed by atoms with E-state index in [0.717, 1.165) is 0 Å². The molecule has 0 bridgehead atoms. The van der Waals surface area contributed by atoms with E-state index in [9.17, 15) is 9.90 Å². The highest BCUT2D eigenvalue weighted by Crippen LogP contribution is 2.30. The van der Waals surface area contributed by atoms with E-state index in [1.807, 2.05) is 0 Å². The molecular formula is C25H26N2O12. The number of carbonyl (C=O) groups excluding carboxylic acids is 1. The smallest absolute Gasteiger partial charge is 0.275 e. The molecular weight excluding hydrogens is 520 g/mol. The van der Waals surface area contributed by atoms with Crippen molar-refractivity contribution in [2.45, 2.75) is 58.3 Å². The first kappa shape index (κ1) is 30.7. The van der Waals surface area contributed by atoms with E-state index in [-0.39, 0.29) is 18.1 Å². The third kappa shape index (κ3) is 9.06. The molecule has 5 atom stereocenters. The van der Waals surface area contributed by atoms with E-state index >= 15 is 0 Å². The molecule has 1 aromatic heterocycles. The van der Waals surface area contributed by atoms with Crippen LogP contribution in [-0.4, -0.2) is 60.4 Å². The average Bonchev–Trinajstić information content (AvgIpc) is 2.93. The zero-order valence-corrected chi connectivity index (χ0v) is 21.6.